The van der Waals surface area contributed by atoms with E-state index in [1.54, 1.807) is 54.6 Å². The van der Waals surface area contributed by atoms with Crippen LogP contribution >= 0.6 is 15.9 Å². The molecule has 0 radical (unpaired) electrons. The van der Waals surface area contributed by atoms with Crippen LogP contribution in [0.4, 0.5) is 5.69 Å². The Kier molecular flexibility index (Phi) is 6.82. The number of aromatic hydroxyl groups is 1. The van der Waals surface area contributed by atoms with Crippen LogP contribution < -0.4 is 15.5 Å². The zero-order chi connectivity index (χ0) is 21.5. The summed E-state index contributed by atoms with van der Waals surface area (Å²) in [5.74, 6) is -0.126. The van der Waals surface area contributed by atoms with Crippen LogP contribution in [0.25, 0.3) is 0 Å². The van der Waals surface area contributed by atoms with Crippen molar-refractivity contribution < 1.29 is 19.4 Å². The lowest BCUT2D eigenvalue weighted by atomic mass is 10.1. The van der Waals surface area contributed by atoms with Gasteiger partial charge in [-0.3, -0.25) is 9.59 Å². The molecule has 0 aliphatic rings. The van der Waals surface area contributed by atoms with Gasteiger partial charge in [-0.1, -0.05) is 12.1 Å². The molecule has 3 N–H and O–H groups in total. The average Bonchev–Trinajstić information content (AvgIpc) is 2.75. The zero-order valence-corrected chi connectivity index (χ0v) is 17.5. The standard InChI is InChI=1S/C22H18BrN3O4/c1-30-17-10-11-20(27)15(12-17)13-24-26-21(28)14-6-8-16(9-7-14)25-22(29)18-4-2-3-5-19(18)23/h2-13,27H,1H3,(H,25,29)(H,26,28)/b24-13+. The summed E-state index contributed by atoms with van der Waals surface area (Å²) < 4.78 is 5.78. The number of hydrogen-bond donors (Lipinski definition) is 3. The fourth-order valence-corrected chi connectivity index (χ4v) is 3.00. The fourth-order valence-electron chi connectivity index (χ4n) is 2.54. The zero-order valence-electron chi connectivity index (χ0n) is 15.9. The summed E-state index contributed by atoms with van der Waals surface area (Å²) >= 11 is 3.34. The highest BCUT2D eigenvalue weighted by Crippen LogP contribution is 2.21. The van der Waals surface area contributed by atoms with E-state index in [9.17, 15) is 14.7 Å². The molecule has 3 aromatic carbocycles. The van der Waals surface area contributed by atoms with Crippen LogP contribution in [0.15, 0.2) is 76.3 Å². The summed E-state index contributed by atoms with van der Waals surface area (Å²) in [6.07, 6.45) is 1.32. The maximum absolute atomic E-state index is 12.3. The van der Waals surface area contributed by atoms with Crippen molar-refractivity contribution in [1.29, 1.82) is 0 Å². The molecule has 0 aliphatic heterocycles. The second-order valence-electron chi connectivity index (χ2n) is 6.14. The maximum Gasteiger partial charge on any atom is 0.271 e. The van der Waals surface area contributed by atoms with Gasteiger partial charge in [0, 0.05) is 21.3 Å². The number of hydrazone groups is 1. The van der Waals surface area contributed by atoms with Crippen LogP contribution in [-0.4, -0.2) is 30.2 Å². The third-order valence-corrected chi connectivity index (χ3v) is 4.82. The summed E-state index contributed by atoms with van der Waals surface area (Å²) in [5.41, 5.74) is 4.22. The van der Waals surface area contributed by atoms with E-state index >= 15 is 0 Å². The number of phenols is 1. The normalized spacial score (nSPS) is 10.6. The molecule has 0 atom stereocenters. The van der Waals surface area contributed by atoms with E-state index in [0.29, 0.717) is 32.6 Å². The summed E-state index contributed by atoms with van der Waals surface area (Å²) in [6.45, 7) is 0. The average molecular weight is 468 g/mol. The number of carbonyl (C=O) groups excluding carboxylic acids is 2. The second-order valence-corrected chi connectivity index (χ2v) is 6.99. The minimum atomic E-state index is -0.433. The minimum absolute atomic E-state index is 0.0129. The molecule has 0 spiro atoms. The van der Waals surface area contributed by atoms with E-state index in [2.05, 4.69) is 31.8 Å². The Labute approximate surface area is 181 Å². The second kappa shape index (κ2) is 9.71. The van der Waals surface area contributed by atoms with Gasteiger partial charge in [-0.2, -0.15) is 5.10 Å². The van der Waals surface area contributed by atoms with Crippen molar-refractivity contribution in [2.45, 2.75) is 0 Å². The molecule has 8 heteroatoms. The molecule has 0 heterocycles. The molecular formula is C22H18BrN3O4. The molecule has 0 saturated carbocycles. The van der Waals surface area contributed by atoms with Gasteiger partial charge in [0.25, 0.3) is 11.8 Å². The van der Waals surface area contributed by atoms with Crippen molar-refractivity contribution in [1.82, 2.24) is 5.43 Å². The Bertz CT molecular complexity index is 1100. The molecule has 3 aromatic rings. The van der Waals surface area contributed by atoms with Gasteiger partial charge < -0.3 is 15.2 Å². The quantitative estimate of drug-likeness (QED) is 0.373. The number of rotatable bonds is 6. The number of halogens is 1. The van der Waals surface area contributed by atoms with Gasteiger partial charge in [0.05, 0.1) is 18.9 Å². The van der Waals surface area contributed by atoms with Gasteiger partial charge in [-0.05, 0) is 70.5 Å². The fraction of sp³-hybridized carbons (Fsp3) is 0.0455. The monoisotopic (exact) mass is 467 g/mol. The lowest BCUT2D eigenvalue weighted by Gasteiger charge is -2.07. The molecule has 2 amide bonds. The number of ether oxygens (including phenoxy) is 1. The Morgan fingerprint density at radius 2 is 1.77 bits per heavy atom. The van der Waals surface area contributed by atoms with Gasteiger partial charge in [-0.25, -0.2) is 5.43 Å². The molecule has 0 fully saturated rings. The molecule has 152 valence electrons. The first-order chi connectivity index (χ1) is 14.5. The van der Waals surface area contributed by atoms with Crippen molar-refractivity contribution in [2.24, 2.45) is 5.10 Å². The minimum Gasteiger partial charge on any atom is -0.507 e. The SMILES string of the molecule is COc1ccc(O)c(/C=N/NC(=O)c2ccc(NC(=O)c3ccccc3Br)cc2)c1. The molecule has 0 bridgehead atoms. The van der Waals surface area contributed by atoms with E-state index in [-0.39, 0.29) is 11.7 Å². The van der Waals surface area contributed by atoms with Crippen molar-refractivity contribution in [3.63, 3.8) is 0 Å². The molecule has 0 aliphatic carbocycles. The van der Waals surface area contributed by atoms with Crippen LogP contribution in [0.3, 0.4) is 0 Å². The number of methoxy groups -OCH3 is 1. The van der Waals surface area contributed by atoms with Crippen LogP contribution in [0.1, 0.15) is 26.3 Å². The molecule has 30 heavy (non-hydrogen) atoms. The highest BCUT2D eigenvalue weighted by Gasteiger charge is 2.10. The van der Waals surface area contributed by atoms with E-state index < -0.39 is 5.91 Å². The predicted molar refractivity (Wildman–Crippen MR) is 118 cm³/mol. The number of carbonyl (C=O) groups is 2. The third-order valence-electron chi connectivity index (χ3n) is 4.13. The lowest BCUT2D eigenvalue weighted by molar-refractivity contribution is 0.0954. The van der Waals surface area contributed by atoms with Crippen LogP contribution in [-0.2, 0) is 0 Å². The van der Waals surface area contributed by atoms with Crippen molar-refractivity contribution >= 4 is 39.6 Å². The Balaban J connectivity index is 1.61. The smallest absolute Gasteiger partial charge is 0.271 e. The number of benzene rings is 3. The van der Waals surface area contributed by atoms with Crippen molar-refractivity contribution in [3.8, 4) is 11.5 Å². The lowest BCUT2D eigenvalue weighted by Crippen LogP contribution is -2.18. The Hall–Kier alpha value is -3.65. The highest BCUT2D eigenvalue weighted by molar-refractivity contribution is 9.10. The first-order valence-electron chi connectivity index (χ1n) is 8.84. The van der Waals surface area contributed by atoms with Gasteiger partial charge >= 0.3 is 0 Å². The van der Waals surface area contributed by atoms with Crippen molar-refractivity contribution in [3.05, 3.63) is 87.9 Å². The number of nitrogens with one attached hydrogen (secondary N) is 2. The first-order valence-corrected chi connectivity index (χ1v) is 9.63. The Morgan fingerprint density at radius 1 is 1.03 bits per heavy atom. The van der Waals surface area contributed by atoms with E-state index in [4.69, 9.17) is 4.74 Å². The highest BCUT2D eigenvalue weighted by atomic mass is 79.9. The molecular weight excluding hydrogens is 450 g/mol. The molecule has 0 saturated heterocycles. The van der Waals surface area contributed by atoms with Gasteiger partial charge in [0.15, 0.2) is 0 Å². The van der Waals surface area contributed by atoms with Crippen LogP contribution in [0.2, 0.25) is 0 Å². The largest absolute Gasteiger partial charge is 0.507 e. The maximum atomic E-state index is 12.3. The number of phenolic OH excluding ortho intramolecular Hbond substituents is 1. The summed E-state index contributed by atoms with van der Waals surface area (Å²) in [4.78, 5) is 24.6. The first kappa shape index (κ1) is 21.1. The van der Waals surface area contributed by atoms with Crippen LogP contribution in [0, 0.1) is 0 Å². The van der Waals surface area contributed by atoms with Crippen molar-refractivity contribution in [2.75, 3.05) is 12.4 Å². The summed E-state index contributed by atoms with van der Waals surface area (Å²) in [5, 5.41) is 16.5. The number of nitrogens with zero attached hydrogens (tertiary/aromatic N) is 1. The van der Waals surface area contributed by atoms with E-state index in [1.165, 1.54) is 19.4 Å². The summed E-state index contributed by atoms with van der Waals surface area (Å²) in [7, 11) is 1.51. The van der Waals surface area contributed by atoms with E-state index in [1.807, 2.05) is 6.07 Å². The Morgan fingerprint density at radius 3 is 2.47 bits per heavy atom. The molecule has 3 rings (SSSR count). The summed E-state index contributed by atoms with van der Waals surface area (Å²) in [6, 6.07) is 18.2. The molecule has 0 unspecified atom stereocenters. The number of hydrogen-bond acceptors (Lipinski definition) is 5. The molecule has 7 nitrogen and oxygen atoms in total. The number of amides is 2. The van der Waals surface area contributed by atoms with Crippen LogP contribution in [0.5, 0.6) is 11.5 Å². The van der Waals surface area contributed by atoms with E-state index in [0.717, 1.165) is 0 Å². The van der Waals surface area contributed by atoms with Gasteiger partial charge in [-0.15, -0.1) is 0 Å². The van der Waals surface area contributed by atoms with Gasteiger partial charge in [0.2, 0.25) is 0 Å². The third kappa shape index (κ3) is 5.24. The number of anilines is 1. The molecule has 0 aromatic heterocycles. The topological polar surface area (TPSA) is 100 Å². The van der Waals surface area contributed by atoms with Gasteiger partial charge in [0.1, 0.15) is 11.5 Å². The predicted octanol–water partition coefficient (Wildman–Crippen LogP) is 4.18.